The average molecular weight is 219 g/mol. The first-order valence-electron chi connectivity index (χ1n) is 5.37. The zero-order chi connectivity index (χ0) is 12.0. The predicted octanol–water partition coefficient (Wildman–Crippen LogP) is 3.16. The van der Waals surface area contributed by atoms with E-state index in [1.807, 2.05) is 45.0 Å². The van der Waals surface area contributed by atoms with Crippen LogP contribution in [-0.4, -0.2) is 12.2 Å². The standard InChI is InChI=1S/C13H17NO2/c1-4-15-11-7-5-6-8-12(11)16-13(2,3)9-10-14/h5-8H,4,9H2,1-3H3. The lowest BCUT2D eigenvalue weighted by molar-refractivity contribution is 0.109. The van der Waals surface area contributed by atoms with E-state index in [1.54, 1.807) is 0 Å². The highest BCUT2D eigenvalue weighted by molar-refractivity contribution is 5.39. The van der Waals surface area contributed by atoms with Crippen LogP contribution >= 0.6 is 0 Å². The average Bonchev–Trinajstić information content (AvgIpc) is 2.20. The molecule has 1 aromatic carbocycles. The molecule has 0 atom stereocenters. The van der Waals surface area contributed by atoms with E-state index in [1.165, 1.54) is 0 Å². The Morgan fingerprint density at radius 1 is 1.25 bits per heavy atom. The van der Waals surface area contributed by atoms with Crippen molar-refractivity contribution in [2.75, 3.05) is 6.61 Å². The van der Waals surface area contributed by atoms with Crippen LogP contribution in [0.3, 0.4) is 0 Å². The summed E-state index contributed by atoms with van der Waals surface area (Å²) in [4.78, 5) is 0. The van der Waals surface area contributed by atoms with Crippen LogP contribution in [0.1, 0.15) is 27.2 Å². The van der Waals surface area contributed by atoms with Crippen molar-refractivity contribution in [2.45, 2.75) is 32.8 Å². The molecule has 0 N–H and O–H groups in total. The molecule has 0 spiro atoms. The normalized spacial score (nSPS) is 10.6. The predicted molar refractivity (Wildman–Crippen MR) is 62.5 cm³/mol. The molecular formula is C13H17NO2. The van der Waals surface area contributed by atoms with E-state index in [2.05, 4.69) is 6.07 Å². The maximum Gasteiger partial charge on any atom is 0.162 e. The highest BCUT2D eigenvalue weighted by Gasteiger charge is 2.21. The zero-order valence-electron chi connectivity index (χ0n) is 9.99. The van der Waals surface area contributed by atoms with E-state index >= 15 is 0 Å². The van der Waals surface area contributed by atoms with Crippen molar-refractivity contribution < 1.29 is 9.47 Å². The molecule has 0 radical (unpaired) electrons. The molecule has 0 fully saturated rings. The number of benzene rings is 1. The fourth-order valence-corrected chi connectivity index (χ4v) is 1.33. The number of ether oxygens (including phenoxy) is 2. The summed E-state index contributed by atoms with van der Waals surface area (Å²) in [6.07, 6.45) is 0.341. The number of rotatable bonds is 5. The lowest BCUT2D eigenvalue weighted by atomic mass is 10.1. The van der Waals surface area contributed by atoms with Gasteiger partial charge in [0.2, 0.25) is 0 Å². The minimum Gasteiger partial charge on any atom is -0.490 e. The highest BCUT2D eigenvalue weighted by Crippen LogP contribution is 2.30. The Bertz CT molecular complexity index is 380. The SMILES string of the molecule is CCOc1ccccc1OC(C)(C)CC#N. The molecular weight excluding hydrogens is 202 g/mol. The van der Waals surface area contributed by atoms with Gasteiger partial charge < -0.3 is 9.47 Å². The molecule has 0 amide bonds. The van der Waals surface area contributed by atoms with Gasteiger partial charge >= 0.3 is 0 Å². The van der Waals surface area contributed by atoms with E-state index < -0.39 is 5.60 Å². The van der Waals surface area contributed by atoms with Gasteiger partial charge in [-0.15, -0.1) is 0 Å². The second-order valence-electron chi connectivity index (χ2n) is 4.08. The first-order chi connectivity index (χ1) is 7.59. The second-order valence-corrected chi connectivity index (χ2v) is 4.08. The van der Waals surface area contributed by atoms with Gasteiger partial charge in [0, 0.05) is 0 Å². The third-order valence-electron chi connectivity index (χ3n) is 2.04. The molecule has 3 nitrogen and oxygen atoms in total. The Morgan fingerprint density at radius 2 is 1.88 bits per heavy atom. The van der Waals surface area contributed by atoms with E-state index in [-0.39, 0.29) is 0 Å². The number of nitriles is 1. The third kappa shape index (κ3) is 3.47. The van der Waals surface area contributed by atoms with Crippen LogP contribution in [-0.2, 0) is 0 Å². The Balaban J connectivity index is 2.84. The van der Waals surface area contributed by atoms with Crippen molar-refractivity contribution in [3.8, 4) is 17.6 Å². The van der Waals surface area contributed by atoms with E-state index in [0.29, 0.717) is 18.8 Å². The van der Waals surface area contributed by atoms with Crippen molar-refractivity contribution in [2.24, 2.45) is 0 Å². The second kappa shape index (κ2) is 5.41. The van der Waals surface area contributed by atoms with Gasteiger partial charge in [0.1, 0.15) is 5.60 Å². The molecule has 86 valence electrons. The van der Waals surface area contributed by atoms with Gasteiger partial charge in [-0.2, -0.15) is 5.26 Å². The number of para-hydroxylation sites is 2. The number of hydrogen-bond donors (Lipinski definition) is 0. The topological polar surface area (TPSA) is 42.2 Å². The van der Waals surface area contributed by atoms with Gasteiger partial charge in [-0.05, 0) is 32.9 Å². The van der Waals surface area contributed by atoms with Gasteiger partial charge in [0.15, 0.2) is 11.5 Å². The molecule has 0 unspecified atom stereocenters. The van der Waals surface area contributed by atoms with Gasteiger partial charge in [-0.3, -0.25) is 0 Å². The van der Waals surface area contributed by atoms with Crippen molar-refractivity contribution >= 4 is 0 Å². The number of hydrogen-bond acceptors (Lipinski definition) is 3. The molecule has 0 aliphatic carbocycles. The Kier molecular flexibility index (Phi) is 4.19. The summed E-state index contributed by atoms with van der Waals surface area (Å²) < 4.78 is 11.2. The Labute approximate surface area is 96.6 Å². The monoisotopic (exact) mass is 219 g/mol. The molecule has 0 saturated carbocycles. The van der Waals surface area contributed by atoms with Gasteiger partial charge in [0.05, 0.1) is 19.1 Å². The molecule has 3 heteroatoms. The van der Waals surface area contributed by atoms with Crippen LogP contribution in [0.15, 0.2) is 24.3 Å². The van der Waals surface area contributed by atoms with Crippen LogP contribution < -0.4 is 9.47 Å². The summed E-state index contributed by atoms with van der Waals surface area (Å²) in [5.74, 6) is 1.40. The highest BCUT2D eigenvalue weighted by atomic mass is 16.5. The van der Waals surface area contributed by atoms with Gasteiger partial charge in [-0.25, -0.2) is 0 Å². The smallest absolute Gasteiger partial charge is 0.162 e. The van der Waals surface area contributed by atoms with Crippen molar-refractivity contribution in [3.05, 3.63) is 24.3 Å². The summed E-state index contributed by atoms with van der Waals surface area (Å²) in [6, 6.07) is 9.61. The summed E-state index contributed by atoms with van der Waals surface area (Å²) in [5.41, 5.74) is -0.498. The quantitative estimate of drug-likeness (QED) is 0.764. The summed E-state index contributed by atoms with van der Waals surface area (Å²) in [5, 5.41) is 8.69. The van der Waals surface area contributed by atoms with Gasteiger partial charge in [-0.1, -0.05) is 12.1 Å². The van der Waals surface area contributed by atoms with Crippen molar-refractivity contribution in [1.82, 2.24) is 0 Å². The molecule has 0 bridgehead atoms. The molecule has 1 aromatic rings. The first kappa shape index (κ1) is 12.4. The molecule has 0 aromatic heterocycles. The van der Waals surface area contributed by atoms with E-state index in [4.69, 9.17) is 14.7 Å². The van der Waals surface area contributed by atoms with Crippen LogP contribution in [0.5, 0.6) is 11.5 Å². The maximum atomic E-state index is 8.69. The lowest BCUT2D eigenvalue weighted by Crippen LogP contribution is -2.27. The van der Waals surface area contributed by atoms with Crippen LogP contribution in [0, 0.1) is 11.3 Å². The molecule has 16 heavy (non-hydrogen) atoms. The van der Waals surface area contributed by atoms with Crippen LogP contribution in [0.2, 0.25) is 0 Å². The molecule has 0 heterocycles. The maximum absolute atomic E-state index is 8.69. The van der Waals surface area contributed by atoms with E-state index in [9.17, 15) is 0 Å². The molecule has 1 rings (SSSR count). The number of nitrogens with zero attached hydrogens (tertiary/aromatic N) is 1. The third-order valence-corrected chi connectivity index (χ3v) is 2.04. The first-order valence-corrected chi connectivity index (χ1v) is 5.37. The molecule has 0 aliphatic rings. The molecule has 0 aliphatic heterocycles. The Hall–Kier alpha value is -1.69. The minimum absolute atomic E-state index is 0.341. The summed E-state index contributed by atoms with van der Waals surface area (Å²) in [6.45, 7) is 6.30. The zero-order valence-corrected chi connectivity index (χ0v) is 9.99. The fourth-order valence-electron chi connectivity index (χ4n) is 1.33. The van der Waals surface area contributed by atoms with Crippen LogP contribution in [0.4, 0.5) is 0 Å². The summed E-state index contributed by atoms with van der Waals surface area (Å²) >= 11 is 0. The largest absolute Gasteiger partial charge is 0.490 e. The van der Waals surface area contributed by atoms with Crippen LogP contribution in [0.25, 0.3) is 0 Å². The van der Waals surface area contributed by atoms with Crippen molar-refractivity contribution in [3.63, 3.8) is 0 Å². The Morgan fingerprint density at radius 3 is 2.44 bits per heavy atom. The fraction of sp³-hybridized carbons (Fsp3) is 0.462. The lowest BCUT2D eigenvalue weighted by Gasteiger charge is -2.24. The van der Waals surface area contributed by atoms with Crippen molar-refractivity contribution in [1.29, 1.82) is 5.26 Å². The van der Waals surface area contributed by atoms with E-state index in [0.717, 1.165) is 5.75 Å². The minimum atomic E-state index is -0.498. The molecule has 0 saturated heterocycles. The summed E-state index contributed by atoms with van der Waals surface area (Å²) in [7, 11) is 0. The van der Waals surface area contributed by atoms with Gasteiger partial charge in [0.25, 0.3) is 0 Å².